The summed E-state index contributed by atoms with van der Waals surface area (Å²) in [4.78, 5) is 16.9. The van der Waals surface area contributed by atoms with Crippen LogP contribution in [0, 0.1) is 13.8 Å². The topological polar surface area (TPSA) is 55.1 Å². The lowest BCUT2D eigenvalue weighted by molar-refractivity contribution is 0.563. The Morgan fingerprint density at radius 3 is 2.85 bits per heavy atom. The van der Waals surface area contributed by atoms with Crippen molar-refractivity contribution in [3.8, 4) is 11.3 Å². The van der Waals surface area contributed by atoms with Crippen LogP contribution in [0.1, 0.15) is 11.1 Å². The summed E-state index contributed by atoms with van der Waals surface area (Å²) < 4.78 is 6.36. The van der Waals surface area contributed by atoms with E-state index in [-0.39, 0.29) is 5.63 Å². The fourth-order valence-corrected chi connectivity index (χ4v) is 3.83. The molecule has 0 aliphatic rings. The number of halogens is 1. The third-order valence-corrected chi connectivity index (χ3v) is 5.57. The first-order valence-corrected chi connectivity index (χ1v) is 9.71. The molecule has 4 rings (SSSR count). The number of benzene rings is 2. The van der Waals surface area contributed by atoms with E-state index in [4.69, 9.17) is 4.42 Å². The first kappa shape index (κ1) is 17.0. The van der Waals surface area contributed by atoms with Gasteiger partial charge in [0.1, 0.15) is 5.58 Å². The molecule has 0 bridgehead atoms. The molecule has 0 aliphatic heterocycles. The molecule has 0 fully saturated rings. The van der Waals surface area contributed by atoms with E-state index in [0.717, 1.165) is 20.7 Å². The molecule has 1 N–H and O–H groups in total. The molecule has 0 unspecified atom stereocenters. The lowest BCUT2D eigenvalue weighted by atomic mass is 10.1. The number of hydrogen-bond donors (Lipinski definition) is 1. The molecule has 0 amide bonds. The Morgan fingerprint density at radius 2 is 2.00 bits per heavy atom. The molecule has 0 saturated heterocycles. The highest BCUT2D eigenvalue weighted by molar-refractivity contribution is 9.10. The maximum atomic E-state index is 12.4. The first-order valence-electron chi connectivity index (χ1n) is 8.04. The molecular formula is C20H15BrN2O2S. The number of hydrogen-bond acceptors (Lipinski definition) is 5. The van der Waals surface area contributed by atoms with E-state index in [9.17, 15) is 4.79 Å². The normalized spacial score (nSPS) is 11.0. The fourth-order valence-electron chi connectivity index (χ4n) is 2.73. The minimum Gasteiger partial charge on any atom is -0.422 e. The van der Waals surface area contributed by atoms with Crippen LogP contribution in [0.25, 0.3) is 22.2 Å². The number of fused-ring (bicyclic) bond motifs is 1. The van der Waals surface area contributed by atoms with Crippen LogP contribution in [0.2, 0.25) is 0 Å². The van der Waals surface area contributed by atoms with Gasteiger partial charge in [0.15, 0.2) is 5.13 Å². The smallest absolute Gasteiger partial charge is 0.345 e. The van der Waals surface area contributed by atoms with Gasteiger partial charge >= 0.3 is 5.63 Å². The maximum absolute atomic E-state index is 12.4. The van der Waals surface area contributed by atoms with Crippen molar-refractivity contribution in [2.24, 2.45) is 0 Å². The third kappa shape index (κ3) is 3.18. The van der Waals surface area contributed by atoms with E-state index in [0.29, 0.717) is 16.8 Å². The quantitative estimate of drug-likeness (QED) is 0.405. The highest BCUT2D eigenvalue weighted by Crippen LogP contribution is 2.29. The summed E-state index contributed by atoms with van der Waals surface area (Å²) in [5.41, 5.74) is 4.65. The maximum Gasteiger partial charge on any atom is 0.345 e. The van der Waals surface area contributed by atoms with Gasteiger partial charge < -0.3 is 9.73 Å². The summed E-state index contributed by atoms with van der Waals surface area (Å²) in [5.74, 6) is 0. The van der Waals surface area contributed by atoms with Gasteiger partial charge in [0.05, 0.1) is 11.3 Å². The Balaban J connectivity index is 1.72. The van der Waals surface area contributed by atoms with Crippen molar-refractivity contribution in [2.45, 2.75) is 13.8 Å². The zero-order chi connectivity index (χ0) is 18.3. The van der Waals surface area contributed by atoms with E-state index >= 15 is 0 Å². The van der Waals surface area contributed by atoms with Gasteiger partial charge in [0.2, 0.25) is 0 Å². The summed E-state index contributed by atoms with van der Waals surface area (Å²) in [6.07, 6.45) is 0. The van der Waals surface area contributed by atoms with Crippen molar-refractivity contribution in [1.29, 1.82) is 0 Å². The van der Waals surface area contributed by atoms with Gasteiger partial charge in [-0.3, -0.25) is 0 Å². The van der Waals surface area contributed by atoms with Gasteiger partial charge in [-0.15, -0.1) is 11.3 Å². The third-order valence-electron chi connectivity index (χ3n) is 4.32. The number of nitrogens with zero attached hydrogens (tertiary/aromatic N) is 1. The Labute approximate surface area is 162 Å². The summed E-state index contributed by atoms with van der Waals surface area (Å²) in [7, 11) is 0. The van der Waals surface area contributed by atoms with Crippen LogP contribution < -0.4 is 10.9 Å². The van der Waals surface area contributed by atoms with Crippen LogP contribution >= 0.6 is 27.3 Å². The van der Waals surface area contributed by atoms with Crippen molar-refractivity contribution in [1.82, 2.24) is 4.98 Å². The van der Waals surface area contributed by atoms with E-state index < -0.39 is 0 Å². The van der Waals surface area contributed by atoms with E-state index in [2.05, 4.69) is 46.1 Å². The molecule has 4 nitrogen and oxygen atoms in total. The van der Waals surface area contributed by atoms with E-state index in [1.54, 1.807) is 6.07 Å². The molecule has 2 heterocycles. The number of aryl methyl sites for hydroxylation is 1. The fraction of sp³-hybridized carbons (Fsp3) is 0.100. The Bertz CT molecular complexity index is 1180. The summed E-state index contributed by atoms with van der Waals surface area (Å²) >= 11 is 4.90. The van der Waals surface area contributed by atoms with Crippen molar-refractivity contribution in [2.75, 3.05) is 5.32 Å². The lowest BCUT2D eigenvalue weighted by Crippen LogP contribution is -2.03. The highest BCUT2D eigenvalue weighted by Gasteiger charge is 2.12. The van der Waals surface area contributed by atoms with E-state index in [1.807, 2.05) is 35.7 Å². The number of nitrogens with one attached hydrogen (secondary N) is 1. The second-order valence-corrected chi connectivity index (χ2v) is 7.81. The molecule has 0 aliphatic carbocycles. The van der Waals surface area contributed by atoms with Crippen LogP contribution in [0.15, 0.2) is 61.5 Å². The zero-order valence-electron chi connectivity index (χ0n) is 14.2. The first-order chi connectivity index (χ1) is 12.5. The van der Waals surface area contributed by atoms with Gasteiger partial charge in [-0.25, -0.2) is 9.78 Å². The van der Waals surface area contributed by atoms with E-state index in [1.165, 1.54) is 22.5 Å². The zero-order valence-corrected chi connectivity index (χ0v) is 16.6. The van der Waals surface area contributed by atoms with Gasteiger partial charge in [-0.1, -0.05) is 28.1 Å². The Kier molecular flexibility index (Phi) is 4.38. The lowest BCUT2D eigenvalue weighted by Gasteiger charge is -2.08. The van der Waals surface area contributed by atoms with Crippen molar-refractivity contribution >= 4 is 49.1 Å². The molecule has 0 saturated carbocycles. The molecule has 130 valence electrons. The van der Waals surface area contributed by atoms with Gasteiger partial charge in [0, 0.05) is 20.9 Å². The molecule has 4 aromatic rings. The Hall–Kier alpha value is -2.44. The van der Waals surface area contributed by atoms with Crippen molar-refractivity contribution in [3.63, 3.8) is 0 Å². The second kappa shape index (κ2) is 6.70. The number of anilines is 2. The predicted molar refractivity (Wildman–Crippen MR) is 110 cm³/mol. The van der Waals surface area contributed by atoms with Gasteiger partial charge in [0.25, 0.3) is 0 Å². The molecule has 26 heavy (non-hydrogen) atoms. The van der Waals surface area contributed by atoms with Crippen molar-refractivity contribution in [3.05, 3.63) is 73.9 Å². The molecule has 0 radical (unpaired) electrons. The molecule has 0 atom stereocenters. The van der Waals surface area contributed by atoms with Crippen LogP contribution in [-0.2, 0) is 0 Å². The summed E-state index contributed by atoms with van der Waals surface area (Å²) in [5, 5.41) is 6.79. The Morgan fingerprint density at radius 1 is 1.15 bits per heavy atom. The minimum atomic E-state index is -0.386. The van der Waals surface area contributed by atoms with Crippen LogP contribution in [0.3, 0.4) is 0 Å². The summed E-state index contributed by atoms with van der Waals surface area (Å²) in [6, 6.07) is 13.5. The monoisotopic (exact) mass is 426 g/mol. The SMILES string of the molecule is Cc1cccc(Nc2nc(-c3cc4cc(Br)ccc4oc3=O)cs2)c1C. The minimum absolute atomic E-state index is 0.386. The summed E-state index contributed by atoms with van der Waals surface area (Å²) in [6.45, 7) is 4.15. The second-order valence-electron chi connectivity index (χ2n) is 6.04. The van der Waals surface area contributed by atoms with Gasteiger partial charge in [-0.05, 0) is 55.3 Å². The molecule has 2 aromatic carbocycles. The highest BCUT2D eigenvalue weighted by atomic mass is 79.9. The van der Waals surface area contributed by atoms with Crippen molar-refractivity contribution < 1.29 is 4.42 Å². The molecule has 0 spiro atoms. The predicted octanol–water partition coefficient (Wildman–Crippen LogP) is 6.04. The molecular weight excluding hydrogens is 412 g/mol. The number of thiazole rings is 1. The van der Waals surface area contributed by atoms with Crippen LogP contribution in [0.5, 0.6) is 0 Å². The standard InChI is InChI=1S/C20H15BrN2O2S/c1-11-4-3-5-16(12(11)2)22-20-23-17(10-26-20)15-9-13-8-14(21)6-7-18(13)25-19(15)24/h3-10H,1-2H3,(H,22,23). The largest absolute Gasteiger partial charge is 0.422 e. The number of aromatic nitrogens is 1. The molecule has 6 heteroatoms. The number of rotatable bonds is 3. The average Bonchev–Trinajstić information content (AvgIpc) is 3.07. The van der Waals surface area contributed by atoms with Crippen LogP contribution in [-0.4, -0.2) is 4.98 Å². The average molecular weight is 427 g/mol. The van der Waals surface area contributed by atoms with Crippen LogP contribution in [0.4, 0.5) is 10.8 Å². The molecule has 2 aromatic heterocycles. The van der Waals surface area contributed by atoms with Gasteiger partial charge in [-0.2, -0.15) is 0 Å².